The Morgan fingerprint density at radius 2 is 1.95 bits per heavy atom. The number of aliphatic carboxylic acids is 1. The monoisotopic (exact) mass is 441 g/mol. The zero-order valence-electron chi connectivity index (χ0n) is 11.7. The predicted octanol–water partition coefficient (Wildman–Crippen LogP) is 3.48. The maximum Gasteiger partial charge on any atom is 0.303 e. The molecule has 0 aromatic heterocycles. The molecule has 0 atom stereocenters. The van der Waals surface area contributed by atoms with Crippen molar-refractivity contribution in [1.29, 1.82) is 0 Å². The molecule has 0 saturated heterocycles. The van der Waals surface area contributed by atoms with Crippen molar-refractivity contribution in [3.05, 3.63) is 27.1 Å². The second-order valence-electron chi connectivity index (χ2n) is 4.78. The highest BCUT2D eigenvalue weighted by Crippen LogP contribution is 2.29. The van der Waals surface area contributed by atoms with Gasteiger partial charge < -0.3 is 5.11 Å². The first-order chi connectivity index (χ1) is 9.66. The number of hydrogen-bond acceptors (Lipinski definition) is 3. The Hall–Kier alpha value is -0.440. The fourth-order valence-electron chi connectivity index (χ4n) is 1.85. The Morgan fingerprint density at radius 1 is 1.33 bits per heavy atom. The first-order valence-electron chi connectivity index (χ1n) is 6.35. The van der Waals surface area contributed by atoms with Crippen LogP contribution in [0.5, 0.6) is 0 Å². The Bertz CT molecular complexity index is 617. The van der Waals surface area contributed by atoms with Gasteiger partial charge in [-0.25, -0.2) is 8.42 Å². The number of nitrogens with zero attached hydrogens (tertiary/aromatic N) is 1. The minimum atomic E-state index is -3.67. The molecule has 5 nitrogen and oxygen atoms in total. The van der Waals surface area contributed by atoms with Crippen LogP contribution in [0.15, 0.2) is 32.0 Å². The lowest BCUT2D eigenvalue weighted by atomic mass is 10.3. The van der Waals surface area contributed by atoms with Crippen LogP contribution in [0.25, 0.3) is 0 Å². The van der Waals surface area contributed by atoms with Crippen molar-refractivity contribution in [1.82, 2.24) is 4.31 Å². The van der Waals surface area contributed by atoms with Crippen molar-refractivity contribution in [3.8, 4) is 0 Å². The van der Waals surface area contributed by atoms with E-state index in [4.69, 9.17) is 5.11 Å². The summed E-state index contributed by atoms with van der Waals surface area (Å²) in [6.45, 7) is 3.71. The van der Waals surface area contributed by atoms with Crippen molar-refractivity contribution in [2.45, 2.75) is 37.6 Å². The van der Waals surface area contributed by atoms with Crippen LogP contribution in [0.2, 0.25) is 0 Å². The van der Waals surface area contributed by atoms with Crippen LogP contribution in [0.4, 0.5) is 0 Å². The molecule has 0 aliphatic carbocycles. The zero-order chi connectivity index (χ0) is 16.2. The third-order valence-corrected chi connectivity index (χ3v) is 6.37. The summed E-state index contributed by atoms with van der Waals surface area (Å²) in [5, 5.41) is 8.68. The minimum absolute atomic E-state index is 0.0553. The van der Waals surface area contributed by atoms with Crippen molar-refractivity contribution < 1.29 is 18.3 Å². The second kappa shape index (κ2) is 7.71. The molecule has 8 heteroatoms. The van der Waals surface area contributed by atoms with E-state index < -0.39 is 16.0 Å². The molecule has 0 saturated carbocycles. The highest BCUT2D eigenvalue weighted by atomic mass is 79.9. The van der Waals surface area contributed by atoms with Crippen molar-refractivity contribution in [3.63, 3.8) is 0 Å². The van der Waals surface area contributed by atoms with E-state index in [1.807, 2.05) is 0 Å². The molecular formula is C13H17Br2NO4S. The number of sulfonamides is 1. The topological polar surface area (TPSA) is 74.7 Å². The van der Waals surface area contributed by atoms with Gasteiger partial charge in [0.2, 0.25) is 10.0 Å². The summed E-state index contributed by atoms with van der Waals surface area (Å²) in [5.41, 5.74) is 0. The van der Waals surface area contributed by atoms with Crippen LogP contribution >= 0.6 is 31.9 Å². The minimum Gasteiger partial charge on any atom is -0.481 e. The first-order valence-corrected chi connectivity index (χ1v) is 9.37. The third-order valence-electron chi connectivity index (χ3n) is 2.83. The molecule has 0 amide bonds. The van der Waals surface area contributed by atoms with Gasteiger partial charge in [-0.05, 0) is 54.4 Å². The first kappa shape index (κ1) is 18.6. The van der Waals surface area contributed by atoms with E-state index in [0.717, 1.165) is 4.47 Å². The molecule has 0 fully saturated rings. The van der Waals surface area contributed by atoms with Gasteiger partial charge in [-0.1, -0.05) is 15.9 Å². The van der Waals surface area contributed by atoms with Gasteiger partial charge in [-0.15, -0.1) is 0 Å². The van der Waals surface area contributed by atoms with Crippen LogP contribution in [0.1, 0.15) is 26.7 Å². The van der Waals surface area contributed by atoms with E-state index >= 15 is 0 Å². The van der Waals surface area contributed by atoms with E-state index in [1.165, 1.54) is 10.4 Å². The summed E-state index contributed by atoms with van der Waals surface area (Å²) < 4.78 is 28.0. The molecule has 1 rings (SSSR count). The lowest BCUT2D eigenvalue weighted by Gasteiger charge is -2.26. The lowest BCUT2D eigenvalue weighted by molar-refractivity contribution is -0.137. The Balaban J connectivity index is 3.07. The number of halogens is 2. The SMILES string of the molecule is CC(C)N(CCCC(=O)O)S(=O)(=O)c1ccc(Br)cc1Br. The standard InChI is InChI=1S/C13H17Br2NO4S/c1-9(2)16(7-3-4-13(17)18)21(19,20)12-6-5-10(14)8-11(12)15/h5-6,8-9H,3-4,7H2,1-2H3,(H,17,18). The molecule has 1 aromatic rings. The Labute approximate surface area is 141 Å². The van der Waals surface area contributed by atoms with Gasteiger partial charge in [0.25, 0.3) is 0 Å². The Kier molecular flexibility index (Phi) is 6.83. The summed E-state index contributed by atoms with van der Waals surface area (Å²) in [4.78, 5) is 10.8. The molecule has 0 radical (unpaired) electrons. The number of rotatable bonds is 7. The number of carbonyl (C=O) groups is 1. The van der Waals surface area contributed by atoms with Crippen LogP contribution in [0.3, 0.4) is 0 Å². The fourth-order valence-corrected chi connectivity index (χ4v) is 5.24. The highest BCUT2D eigenvalue weighted by molar-refractivity contribution is 9.11. The molecule has 0 aliphatic rings. The summed E-state index contributed by atoms with van der Waals surface area (Å²) in [5.74, 6) is -0.930. The van der Waals surface area contributed by atoms with E-state index in [0.29, 0.717) is 4.47 Å². The number of carboxylic acids is 1. The summed E-state index contributed by atoms with van der Waals surface area (Å²) >= 11 is 6.54. The molecule has 1 aromatic carbocycles. The molecule has 21 heavy (non-hydrogen) atoms. The van der Waals surface area contributed by atoms with Gasteiger partial charge in [0.05, 0.1) is 4.90 Å². The van der Waals surface area contributed by atoms with Crippen LogP contribution < -0.4 is 0 Å². The molecule has 0 unspecified atom stereocenters. The van der Waals surface area contributed by atoms with Gasteiger partial charge in [0.15, 0.2) is 0 Å². The van der Waals surface area contributed by atoms with Crippen molar-refractivity contribution in [2.75, 3.05) is 6.54 Å². The molecule has 0 bridgehead atoms. The predicted molar refractivity (Wildman–Crippen MR) is 87.7 cm³/mol. The lowest BCUT2D eigenvalue weighted by Crippen LogP contribution is -2.38. The normalized spacial score (nSPS) is 12.1. The highest BCUT2D eigenvalue weighted by Gasteiger charge is 2.28. The zero-order valence-corrected chi connectivity index (χ0v) is 15.7. The Morgan fingerprint density at radius 3 is 2.43 bits per heavy atom. The van der Waals surface area contributed by atoms with Gasteiger partial charge in [0, 0.05) is 28.0 Å². The average molecular weight is 443 g/mol. The van der Waals surface area contributed by atoms with Gasteiger partial charge in [-0.2, -0.15) is 4.31 Å². The van der Waals surface area contributed by atoms with E-state index in [1.54, 1.807) is 26.0 Å². The van der Waals surface area contributed by atoms with Crippen molar-refractivity contribution >= 4 is 47.9 Å². The van der Waals surface area contributed by atoms with Gasteiger partial charge in [-0.3, -0.25) is 4.79 Å². The van der Waals surface area contributed by atoms with Crippen LogP contribution in [-0.4, -0.2) is 36.4 Å². The molecule has 1 N–H and O–H groups in total. The maximum absolute atomic E-state index is 12.7. The smallest absolute Gasteiger partial charge is 0.303 e. The number of carboxylic acid groups (broad SMARTS) is 1. The van der Waals surface area contributed by atoms with Crippen LogP contribution in [0, 0.1) is 0 Å². The van der Waals surface area contributed by atoms with Crippen LogP contribution in [-0.2, 0) is 14.8 Å². The number of benzene rings is 1. The van der Waals surface area contributed by atoms with Gasteiger partial charge in [0.1, 0.15) is 0 Å². The van der Waals surface area contributed by atoms with E-state index in [-0.39, 0.29) is 30.3 Å². The molecule has 0 aliphatic heterocycles. The molecule has 0 spiro atoms. The molecule has 118 valence electrons. The largest absolute Gasteiger partial charge is 0.481 e. The maximum atomic E-state index is 12.7. The van der Waals surface area contributed by atoms with Gasteiger partial charge >= 0.3 is 5.97 Å². The quantitative estimate of drug-likeness (QED) is 0.701. The fraction of sp³-hybridized carbons (Fsp3) is 0.462. The molecular weight excluding hydrogens is 426 g/mol. The summed E-state index contributed by atoms with van der Waals surface area (Å²) in [6.07, 6.45) is 0.223. The number of hydrogen-bond donors (Lipinski definition) is 1. The summed E-state index contributed by atoms with van der Waals surface area (Å²) in [6, 6.07) is 4.60. The third kappa shape index (κ3) is 5.05. The van der Waals surface area contributed by atoms with E-state index in [9.17, 15) is 13.2 Å². The van der Waals surface area contributed by atoms with E-state index in [2.05, 4.69) is 31.9 Å². The molecule has 0 heterocycles. The summed E-state index contributed by atoms with van der Waals surface area (Å²) in [7, 11) is -3.67. The second-order valence-corrected chi connectivity index (χ2v) is 8.41. The average Bonchev–Trinajstić information content (AvgIpc) is 2.32. The van der Waals surface area contributed by atoms with Crippen molar-refractivity contribution in [2.24, 2.45) is 0 Å².